The van der Waals surface area contributed by atoms with Crippen LogP contribution in [0.15, 0.2) is 30.6 Å². The zero-order chi connectivity index (χ0) is 18.4. The molecule has 1 aromatic heterocycles. The maximum Gasteiger partial charge on any atom is 0.254 e. The van der Waals surface area contributed by atoms with Gasteiger partial charge in [-0.2, -0.15) is 0 Å². The van der Waals surface area contributed by atoms with Crippen LogP contribution in [0.5, 0.6) is 11.5 Å². The lowest BCUT2D eigenvalue weighted by Crippen LogP contribution is -2.32. The monoisotopic (exact) mass is 356 g/mol. The molecular weight excluding hydrogens is 332 g/mol. The Kier molecular flexibility index (Phi) is 5.88. The number of methoxy groups -OCH3 is 2. The summed E-state index contributed by atoms with van der Waals surface area (Å²) in [5.74, 6) is 1.72. The Balaban J connectivity index is 1.56. The molecule has 138 valence electrons. The molecule has 2 N–H and O–H groups in total. The Morgan fingerprint density at radius 1 is 1.12 bits per heavy atom. The third-order valence-corrected chi connectivity index (χ3v) is 4.50. The highest BCUT2D eigenvalue weighted by molar-refractivity contribution is 5.93. The van der Waals surface area contributed by atoms with Crippen LogP contribution in [0.1, 0.15) is 41.6 Å². The third kappa shape index (κ3) is 4.41. The number of carbonyl (C=O) groups is 1. The molecule has 0 saturated heterocycles. The predicted molar refractivity (Wildman–Crippen MR) is 98.6 cm³/mol. The zero-order valence-electron chi connectivity index (χ0n) is 15.1. The van der Waals surface area contributed by atoms with Crippen LogP contribution in [0.2, 0.25) is 0 Å². The molecule has 1 fully saturated rings. The molecule has 0 aliphatic heterocycles. The van der Waals surface area contributed by atoms with Crippen LogP contribution < -0.4 is 20.1 Å². The maximum absolute atomic E-state index is 12.2. The van der Waals surface area contributed by atoms with Crippen molar-refractivity contribution in [2.24, 2.45) is 0 Å². The first-order valence-electron chi connectivity index (χ1n) is 8.77. The fraction of sp³-hybridized carbons (Fsp3) is 0.421. The van der Waals surface area contributed by atoms with E-state index in [1.165, 1.54) is 12.8 Å². The fourth-order valence-electron chi connectivity index (χ4n) is 3.05. The molecule has 0 bridgehead atoms. The SMILES string of the molecule is COc1ccc(CNc2ncc(C(=O)NC3CCCC3)cn2)cc1OC. The van der Waals surface area contributed by atoms with Crippen molar-refractivity contribution in [2.45, 2.75) is 38.3 Å². The number of hydrogen-bond acceptors (Lipinski definition) is 6. The van der Waals surface area contributed by atoms with E-state index in [9.17, 15) is 4.79 Å². The number of aromatic nitrogens is 2. The molecule has 0 atom stereocenters. The lowest BCUT2D eigenvalue weighted by atomic mass is 10.2. The van der Waals surface area contributed by atoms with E-state index < -0.39 is 0 Å². The van der Waals surface area contributed by atoms with Crippen molar-refractivity contribution in [3.05, 3.63) is 41.7 Å². The van der Waals surface area contributed by atoms with E-state index in [2.05, 4.69) is 20.6 Å². The van der Waals surface area contributed by atoms with Crippen LogP contribution in [-0.4, -0.2) is 36.1 Å². The van der Waals surface area contributed by atoms with Crippen LogP contribution in [-0.2, 0) is 6.54 Å². The van der Waals surface area contributed by atoms with E-state index >= 15 is 0 Å². The molecule has 1 heterocycles. The molecule has 1 aliphatic rings. The van der Waals surface area contributed by atoms with E-state index in [-0.39, 0.29) is 11.9 Å². The second kappa shape index (κ2) is 8.51. The van der Waals surface area contributed by atoms with Gasteiger partial charge in [0, 0.05) is 25.0 Å². The van der Waals surface area contributed by atoms with Gasteiger partial charge in [0.1, 0.15) is 0 Å². The molecule has 26 heavy (non-hydrogen) atoms. The second-order valence-electron chi connectivity index (χ2n) is 6.29. The summed E-state index contributed by atoms with van der Waals surface area (Å²) in [5.41, 5.74) is 1.49. The van der Waals surface area contributed by atoms with Crippen LogP contribution in [0.3, 0.4) is 0 Å². The van der Waals surface area contributed by atoms with Crippen LogP contribution >= 0.6 is 0 Å². The highest BCUT2D eigenvalue weighted by Crippen LogP contribution is 2.27. The summed E-state index contributed by atoms with van der Waals surface area (Å²) < 4.78 is 10.5. The molecule has 2 aromatic rings. The molecule has 0 unspecified atom stereocenters. The highest BCUT2D eigenvalue weighted by atomic mass is 16.5. The van der Waals surface area contributed by atoms with Crippen molar-refractivity contribution >= 4 is 11.9 Å². The van der Waals surface area contributed by atoms with Gasteiger partial charge in [-0.1, -0.05) is 18.9 Å². The standard InChI is InChI=1S/C19H24N4O3/c1-25-16-8-7-13(9-17(16)26-2)10-20-19-21-11-14(12-22-19)18(24)23-15-5-3-4-6-15/h7-9,11-12,15H,3-6,10H2,1-2H3,(H,23,24)(H,20,21,22). The molecule has 1 aliphatic carbocycles. The van der Waals surface area contributed by atoms with Gasteiger partial charge < -0.3 is 20.1 Å². The van der Waals surface area contributed by atoms with Gasteiger partial charge in [-0.05, 0) is 30.5 Å². The average Bonchev–Trinajstić information content (AvgIpc) is 3.19. The summed E-state index contributed by atoms with van der Waals surface area (Å²) in [6, 6.07) is 5.98. The minimum atomic E-state index is -0.108. The number of hydrogen-bond donors (Lipinski definition) is 2. The zero-order valence-corrected chi connectivity index (χ0v) is 15.1. The molecule has 0 spiro atoms. The quantitative estimate of drug-likeness (QED) is 0.793. The van der Waals surface area contributed by atoms with Crippen molar-refractivity contribution in [2.75, 3.05) is 19.5 Å². The van der Waals surface area contributed by atoms with E-state index in [4.69, 9.17) is 9.47 Å². The topological polar surface area (TPSA) is 85.4 Å². The third-order valence-electron chi connectivity index (χ3n) is 4.50. The van der Waals surface area contributed by atoms with Crippen LogP contribution in [0.4, 0.5) is 5.95 Å². The first-order chi connectivity index (χ1) is 12.7. The van der Waals surface area contributed by atoms with Gasteiger partial charge in [0.15, 0.2) is 11.5 Å². The van der Waals surface area contributed by atoms with Gasteiger partial charge in [0.2, 0.25) is 5.95 Å². The largest absolute Gasteiger partial charge is 0.493 e. The van der Waals surface area contributed by atoms with E-state index in [1.54, 1.807) is 26.6 Å². The van der Waals surface area contributed by atoms with E-state index in [0.29, 0.717) is 29.6 Å². The molecular formula is C19H24N4O3. The number of nitrogens with one attached hydrogen (secondary N) is 2. The van der Waals surface area contributed by atoms with Gasteiger partial charge in [-0.15, -0.1) is 0 Å². The Morgan fingerprint density at radius 3 is 2.46 bits per heavy atom. The maximum atomic E-state index is 12.2. The molecule has 0 radical (unpaired) electrons. The predicted octanol–water partition coefficient (Wildman–Crippen LogP) is 2.78. The number of anilines is 1. The van der Waals surface area contributed by atoms with Crippen molar-refractivity contribution in [3.63, 3.8) is 0 Å². The molecule has 7 nitrogen and oxygen atoms in total. The fourth-order valence-corrected chi connectivity index (χ4v) is 3.05. The number of ether oxygens (including phenoxy) is 2. The summed E-state index contributed by atoms with van der Waals surface area (Å²) in [6.07, 6.45) is 7.57. The van der Waals surface area contributed by atoms with Gasteiger partial charge >= 0.3 is 0 Å². The Bertz CT molecular complexity index is 743. The van der Waals surface area contributed by atoms with E-state index in [1.807, 2.05) is 18.2 Å². The first kappa shape index (κ1) is 18.0. The lowest BCUT2D eigenvalue weighted by Gasteiger charge is -2.12. The van der Waals surface area contributed by atoms with Gasteiger partial charge in [-0.25, -0.2) is 9.97 Å². The number of nitrogens with zero attached hydrogens (tertiary/aromatic N) is 2. The summed E-state index contributed by atoms with van der Waals surface area (Å²) in [4.78, 5) is 20.6. The van der Waals surface area contributed by atoms with Crippen molar-refractivity contribution in [1.29, 1.82) is 0 Å². The summed E-state index contributed by atoms with van der Waals surface area (Å²) in [7, 11) is 3.21. The average molecular weight is 356 g/mol. The molecule has 1 aromatic carbocycles. The van der Waals surface area contributed by atoms with Crippen molar-refractivity contribution in [3.8, 4) is 11.5 Å². The summed E-state index contributed by atoms with van der Waals surface area (Å²) in [5, 5.41) is 6.17. The minimum Gasteiger partial charge on any atom is -0.493 e. The van der Waals surface area contributed by atoms with Gasteiger partial charge in [0.25, 0.3) is 5.91 Å². The van der Waals surface area contributed by atoms with Crippen LogP contribution in [0, 0.1) is 0 Å². The smallest absolute Gasteiger partial charge is 0.254 e. The molecule has 1 saturated carbocycles. The number of rotatable bonds is 7. The van der Waals surface area contributed by atoms with E-state index in [0.717, 1.165) is 18.4 Å². The molecule has 3 rings (SSSR count). The Labute approximate surface area is 153 Å². The Morgan fingerprint density at radius 2 is 1.81 bits per heavy atom. The first-order valence-corrected chi connectivity index (χ1v) is 8.77. The number of amides is 1. The van der Waals surface area contributed by atoms with Crippen molar-refractivity contribution in [1.82, 2.24) is 15.3 Å². The lowest BCUT2D eigenvalue weighted by molar-refractivity contribution is 0.0937. The Hall–Kier alpha value is -2.83. The second-order valence-corrected chi connectivity index (χ2v) is 6.29. The highest BCUT2D eigenvalue weighted by Gasteiger charge is 2.18. The molecule has 7 heteroatoms. The number of benzene rings is 1. The van der Waals surface area contributed by atoms with Crippen LogP contribution in [0.25, 0.3) is 0 Å². The molecule has 1 amide bonds. The van der Waals surface area contributed by atoms with Crippen molar-refractivity contribution < 1.29 is 14.3 Å². The van der Waals surface area contributed by atoms with Gasteiger partial charge in [-0.3, -0.25) is 4.79 Å². The van der Waals surface area contributed by atoms with Gasteiger partial charge in [0.05, 0.1) is 19.8 Å². The summed E-state index contributed by atoms with van der Waals surface area (Å²) in [6.45, 7) is 0.536. The minimum absolute atomic E-state index is 0.108. The normalized spacial score (nSPS) is 14.1. The number of carbonyl (C=O) groups excluding carboxylic acids is 1. The summed E-state index contributed by atoms with van der Waals surface area (Å²) >= 11 is 0.